The molecule has 1 aliphatic heterocycles. The Labute approximate surface area is 353 Å². The topological polar surface area (TPSA) is 152 Å². The molecule has 10 nitrogen and oxygen atoms in total. The number of unbranched alkanes of at least 4 members (excludes halogenated alkanes) is 22. The van der Waals surface area contributed by atoms with Crippen LogP contribution in [0.2, 0.25) is 0 Å². The van der Waals surface area contributed by atoms with Gasteiger partial charge in [0, 0.05) is 12.8 Å². The van der Waals surface area contributed by atoms with Gasteiger partial charge in [-0.2, -0.15) is 0 Å². The zero-order valence-corrected chi connectivity index (χ0v) is 36.8. The van der Waals surface area contributed by atoms with Gasteiger partial charge in [0.25, 0.3) is 0 Å². The van der Waals surface area contributed by atoms with E-state index in [1.807, 2.05) is 0 Å². The summed E-state index contributed by atoms with van der Waals surface area (Å²) in [5.41, 5.74) is 0. The highest BCUT2D eigenvalue weighted by molar-refractivity contribution is 5.70. The van der Waals surface area contributed by atoms with Crippen LogP contribution in [0.25, 0.3) is 0 Å². The first kappa shape index (κ1) is 53.9. The summed E-state index contributed by atoms with van der Waals surface area (Å²) in [6, 6.07) is 0. The van der Waals surface area contributed by atoms with Crippen molar-refractivity contribution in [1.29, 1.82) is 0 Å². The first-order valence-electron chi connectivity index (χ1n) is 23.6. The quantitative estimate of drug-likeness (QED) is 0.0268. The van der Waals surface area contributed by atoms with Crippen LogP contribution >= 0.6 is 0 Å². The molecule has 6 atom stereocenters. The number of carbonyl (C=O) groups excluding carboxylic acids is 2. The standard InChI is InChI=1S/C48H86O10/c1-3-5-7-9-11-13-15-17-19-20-21-23-25-27-29-31-33-35-37-44(51)57-41(40-56-48-47(54)46(53)45(52)42(38-49)58-48)39-55-43(50)36-34-32-30-28-26-24-22-18-16-14-12-10-8-6-4-2/h12,14,18,22,26,28,41-42,45-49,52-54H,3-11,13,15-17,19-21,23-25,27,29-40H2,1-2H3/b14-12+,22-18+,28-26+/t41-,42-,45+,46?,47?,48-/m1/s1. The zero-order valence-electron chi connectivity index (χ0n) is 36.8. The first-order chi connectivity index (χ1) is 28.3. The fourth-order valence-electron chi connectivity index (χ4n) is 7.02. The van der Waals surface area contributed by atoms with Gasteiger partial charge in [0.2, 0.25) is 0 Å². The largest absolute Gasteiger partial charge is 0.462 e. The van der Waals surface area contributed by atoms with Gasteiger partial charge in [-0.1, -0.05) is 172 Å². The number of aliphatic hydroxyl groups is 4. The number of esters is 2. The van der Waals surface area contributed by atoms with E-state index in [-0.39, 0.29) is 26.1 Å². The minimum Gasteiger partial charge on any atom is -0.462 e. The summed E-state index contributed by atoms with van der Waals surface area (Å²) < 4.78 is 22.1. The Morgan fingerprint density at radius 2 is 0.966 bits per heavy atom. The van der Waals surface area contributed by atoms with Gasteiger partial charge < -0.3 is 39.4 Å². The van der Waals surface area contributed by atoms with Crippen LogP contribution in [0.5, 0.6) is 0 Å². The minimum absolute atomic E-state index is 0.225. The summed E-state index contributed by atoms with van der Waals surface area (Å²) in [7, 11) is 0. The van der Waals surface area contributed by atoms with Gasteiger partial charge in [0.05, 0.1) is 13.2 Å². The molecule has 1 fully saturated rings. The van der Waals surface area contributed by atoms with Crippen molar-refractivity contribution >= 4 is 11.9 Å². The molecule has 2 unspecified atom stereocenters. The van der Waals surface area contributed by atoms with Crippen molar-refractivity contribution < 1.29 is 49.0 Å². The smallest absolute Gasteiger partial charge is 0.306 e. The Kier molecular flexibility index (Phi) is 36.3. The van der Waals surface area contributed by atoms with Crippen LogP contribution in [0.4, 0.5) is 0 Å². The third-order valence-corrected chi connectivity index (χ3v) is 10.8. The van der Waals surface area contributed by atoms with Gasteiger partial charge in [-0.05, 0) is 51.4 Å². The van der Waals surface area contributed by atoms with E-state index in [1.54, 1.807) is 0 Å². The lowest BCUT2D eigenvalue weighted by atomic mass is 9.99. The van der Waals surface area contributed by atoms with Crippen molar-refractivity contribution in [3.8, 4) is 0 Å². The first-order valence-corrected chi connectivity index (χ1v) is 23.6. The van der Waals surface area contributed by atoms with Gasteiger partial charge >= 0.3 is 11.9 Å². The summed E-state index contributed by atoms with van der Waals surface area (Å²) in [6.07, 6.45) is 37.2. The predicted molar refractivity (Wildman–Crippen MR) is 233 cm³/mol. The molecule has 0 aromatic rings. The second-order valence-corrected chi connectivity index (χ2v) is 16.2. The molecule has 4 N–H and O–H groups in total. The Morgan fingerprint density at radius 1 is 0.534 bits per heavy atom. The molecular formula is C48H86O10. The fraction of sp³-hybridized carbons (Fsp3) is 0.833. The number of carbonyl (C=O) groups is 2. The van der Waals surface area contributed by atoms with Crippen molar-refractivity contribution in [2.75, 3.05) is 19.8 Å². The van der Waals surface area contributed by atoms with Crippen LogP contribution in [-0.4, -0.2) is 89.0 Å². The second kappa shape index (κ2) is 39.1. The van der Waals surface area contributed by atoms with Crippen LogP contribution in [0.15, 0.2) is 36.5 Å². The molecule has 58 heavy (non-hydrogen) atoms. The molecule has 0 spiro atoms. The SMILES string of the molecule is CCCCC/C=C/C/C=C/C/C=C/CCCCC(=O)OC[C@H](CO[C@@H]1O[C@H](CO)[C@H](O)C(O)C1O)OC(=O)CCCCCCCCCCCCCCCCCCCC. The monoisotopic (exact) mass is 823 g/mol. The summed E-state index contributed by atoms with van der Waals surface area (Å²) in [4.78, 5) is 25.3. The second-order valence-electron chi connectivity index (χ2n) is 16.2. The number of allylic oxidation sites excluding steroid dienone is 6. The Morgan fingerprint density at radius 3 is 1.48 bits per heavy atom. The average molecular weight is 823 g/mol. The van der Waals surface area contributed by atoms with Crippen LogP contribution in [0, 0.1) is 0 Å². The summed E-state index contributed by atoms with van der Waals surface area (Å²) in [5, 5.41) is 40.1. The van der Waals surface area contributed by atoms with E-state index < -0.39 is 55.4 Å². The fourth-order valence-corrected chi connectivity index (χ4v) is 7.02. The molecule has 10 heteroatoms. The van der Waals surface area contributed by atoms with E-state index in [4.69, 9.17) is 18.9 Å². The molecule has 1 aliphatic rings. The molecule has 0 aromatic carbocycles. The normalized spacial score (nSPS) is 20.4. The summed E-state index contributed by atoms with van der Waals surface area (Å²) >= 11 is 0. The Balaban J connectivity index is 2.32. The highest BCUT2D eigenvalue weighted by Gasteiger charge is 2.44. The molecule has 0 radical (unpaired) electrons. The average Bonchev–Trinajstić information content (AvgIpc) is 3.22. The van der Waals surface area contributed by atoms with Crippen LogP contribution < -0.4 is 0 Å². The lowest BCUT2D eigenvalue weighted by Gasteiger charge is -2.39. The van der Waals surface area contributed by atoms with Crippen molar-refractivity contribution in [2.45, 2.75) is 237 Å². The summed E-state index contributed by atoms with van der Waals surface area (Å²) in [5.74, 6) is -0.845. The lowest BCUT2D eigenvalue weighted by Crippen LogP contribution is -2.59. The maximum Gasteiger partial charge on any atom is 0.306 e. The molecule has 0 bridgehead atoms. The molecule has 1 rings (SSSR count). The van der Waals surface area contributed by atoms with E-state index in [0.29, 0.717) is 12.8 Å². The zero-order chi connectivity index (χ0) is 42.3. The molecule has 1 saturated heterocycles. The van der Waals surface area contributed by atoms with Gasteiger partial charge in [-0.15, -0.1) is 0 Å². The molecule has 0 amide bonds. The van der Waals surface area contributed by atoms with E-state index in [2.05, 4.69) is 50.3 Å². The molecule has 0 aliphatic carbocycles. The highest BCUT2D eigenvalue weighted by Crippen LogP contribution is 2.23. The van der Waals surface area contributed by atoms with E-state index >= 15 is 0 Å². The van der Waals surface area contributed by atoms with Crippen LogP contribution in [0.3, 0.4) is 0 Å². The molecule has 338 valence electrons. The van der Waals surface area contributed by atoms with Crippen LogP contribution in [0.1, 0.15) is 200 Å². The number of aliphatic hydroxyl groups excluding tert-OH is 4. The molecule has 1 heterocycles. The molecular weight excluding hydrogens is 737 g/mol. The maximum atomic E-state index is 12.8. The molecule has 0 aromatic heterocycles. The Bertz CT molecular complexity index is 1040. The summed E-state index contributed by atoms with van der Waals surface area (Å²) in [6.45, 7) is 3.37. The van der Waals surface area contributed by atoms with E-state index in [9.17, 15) is 30.0 Å². The number of rotatable bonds is 39. The van der Waals surface area contributed by atoms with Gasteiger partial charge in [-0.3, -0.25) is 9.59 Å². The number of hydrogen-bond acceptors (Lipinski definition) is 10. The third kappa shape index (κ3) is 30.0. The lowest BCUT2D eigenvalue weighted by molar-refractivity contribution is -0.305. The number of ether oxygens (including phenoxy) is 4. The van der Waals surface area contributed by atoms with Crippen molar-refractivity contribution in [3.05, 3.63) is 36.5 Å². The van der Waals surface area contributed by atoms with Crippen molar-refractivity contribution in [1.82, 2.24) is 0 Å². The van der Waals surface area contributed by atoms with Crippen molar-refractivity contribution in [2.24, 2.45) is 0 Å². The van der Waals surface area contributed by atoms with Gasteiger partial charge in [-0.25, -0.2) is 0 Å². The van der Waals surface area contributed by atoms with E-state index in [0.717, 1.165) is 51.4 Å². The van der Waals surface area contributed by atoms with Crippen LogP contribution in [-0.2, 0) is 28.5 Å². The van der Waals surface area contributed by atoms with E-state index in [1.165, 1.54) is 109 Å². The molecule has 0 saturated carbocycles. The highest BCUT2D eigenvalue weighted by atomic mass is 16.7. The Hall–Kier alpha value is -2.08. The van der Waals surface area contributed by atoms with Crippen molar-refractivity contribution in [3.63, 3.8) is 0 Å². The van der Waals surface area contributed by atoms with Gasteiger partial charge in [0.15, 0.2) is 12.4 Å². The maximum absolute atomic E-state index is 12.8. The minimum atomic E-state index is -1.60. The number of hydrogen-bond donors (Lipinski definition) is 4. The van der Waals surface area contributed by atoms with Gasteiger partial charge in [0.1, 0.15) is 31.0 Å². The predicted octanol–water partition coefficient (Wildman–Crippen LogP) is 10.3. The third-order valence-electron chi connectivity index (χ3n) is 10.8.